The van der Waals surface area contributed by atoms with Crippen LogP contribution in [0.4, 0.5) is 0 Å². The topological polar surface area (TPSA) is 58.6 Å². The molecule has 0 spiro atoms. The van der Waals surface area contributed by atoms with Gasteiger partial charge in [-0.2, -0.15) is 0 Å². The third kappa shape index (κ3) is 7.50. The fourth-order valence-corrected chi connectivity index (χ4v) is 0.682. The summed E-state index contributed by atoms with van der Waals surface area (Å²) in [5, 5.41) is 12.0. The number of hydrogen-bond acceptors (Lipinski definition) is 4. The lowest BCUT2D eigenvalue weighted by Gasteiger charge is -2.16. The lowest BCUT2D eigenvalue weighted by atomic mass is 10.1. The van der Waals surface area contributed by atoms with Crippen molar-refractivity contribution in [2.24, 2.45) is 0 Å². The number of hydrogen-bond donors (Lipinski definition) is 2. The molecular formula is C8H17NO3. The maximum absolute atomic E-state index is 10.8. The van der Waals surface area contributed by atoms with Crippen LogP contribution in [-0.4, -0.2) is 36.4 Å². The maximum Gasteiger partial charge on any atom is 0.319 e. The third-order valence-corrected chi connectivity index (χ3v) is 1.13. The molecular weight excluding hydrogens is 158 g/mol. The Morgan fingerprint density at radius 1 is 1.58 bits per heavy atom. The molecule has 0 radical (unpaired) electrons. The van der Waals surface area contributed by atoms with Crippen LogP contribution in [0.2, 0.25) is 0 Å². The van der Waals surface area contributed by atoms with E-state index in [0.717, 1.165) is 0 Å². The first-order chi connectivity index (χ1) is 5.45. The zero-order chi connectivity index (χ0) is 9.61. The summed E-state index contributed by atoms with van der Waals surface area (Å²) in [6.07, 6.45) is 0. The minimum atomic E-state index is -0.785. The van der Waals surface area contributed by atoms with Crippen molar-refractivity contribution < 1.29 is 14.6 Å². The van der Waals surface area contributed by atoms with E-state index in [0.29, 0.717) is 13.2 Å². The van der Waals surface area contributed by atoms with Gasteiger partial charge in [0.15, 0.2) is 0 Å². The molecule has 0 atom stereocenters. The van der Waals surface area contributed by atoms with Gasteiger partial charge in [-0.1, -0.05) is 0 Å². The molecule has 0 aliphatic rings. The van der Waals surface area contributed by atoms with Crippen LogP contribution in [0.15, 0.2) is 0 Å². The monoisotopic (exact) mass is 175 g/mol. The summed E-state index contributed by atoms with van der Waals surface area (Å²) in [5.41, 5.74) is -0.785. The summed E-state index contributed by atoms with van der Waals surface area (Å²) in [5.74, 6) is -0.290. The molecule has 0 unspecified atom stereocenters. The number of aliphatic hydroxyl groups is 1. The van der Waals surface area contributed by atoms with Gasteiger partial charge >= 0.3 is 5.97 Å². The fourth-order valence-electron chi connectivity index (χ4n) is 0.682. The second-order valence-corrected chi connectivity index (χ2v) is 3.22. The second kappa shape index (κ2) is 5.11. The number of esters is 1. The molecule has 0 aliphatic carbocycles. The summed E-state index contributed by atoms with van der Waals surface area (Å²) in [4.78, 5) is 10.8. The van der Waals surface area contributed by atoms with Crippen molar-refractivity contribution in [3.63, 3.8) is 0 Å². The summed E-state index contributed by atoms with van der Waals surface area (Å²) < 4.78 is 4.67. The predicted molar refractivity (Wildman–Crippen MR) is 45.8 cm³/mol. The van der Waals surface area contributed by atoms with E-state index in [1.807, 2.05) is 0 Å². The highest BCUT2D eigenvalue weighted by molar-refractivity contribution is 5.71. The molecule has 12 heavy (non-hydrogen) atoms. The van der Waals surface area contributed by atoms with E-state index in [-0.39, 0.29) is 12.5 Å². The molecule has 0 aliphatic heterocycles. The van der Waals surface area contributed by atoms with Gasteiger partial charge in [0.1, 0.15) is 0 Å². The summed E-state index contributed by atoms with van der Waals surface area (Å²) in [7, 11) is 0. The number of nitrogens with one attached hydrogen (secondary N) is 1. The smallest absolute Gasteiger partial charge is 0.319 e. The van der Waals surface area contributed by atoms with Crippen molar-refractivity contribution in [3.8, 4) is 0 Å². The normalized spacial score (nSPS) is 11.3. The molecule has 0 aromatic carbocycles. The predicted octanol–water partition coefficient (Wildman–Crippen LogP) is -0.0900. The molecule has 72 valence electrons. The first-order valence-electron chi connectivity index (χ1n) is 4.04. The molecule has 0 bridgehead atoms. The fraction of sp³-hybridized carbons (Fsp3) is 0.875. The van der Waals surface area contributed by atoms with E-state index >= 15 is 0 Å². The van der Waals surface area contributed by atoms with E-state index in [4.69, 9.17) is 0 Å². The van der Waals surface area contributed by atoms with Gasteiger partial charge in [0, 0.05) is 6.54 Å². The number of ether oxygens (including phenoxy) is 1. The molecule has 0 heterocycles. The van der Waals surface area contributed by atoms with Gasteiger partial charge in [-0.15, -0.1) is 0 Å². The van der Waals surface area contributed by atoms with E-state index in [9.17, 15) is 9.90 Å². The number of carbonyl (C=O) groups excluding carboxylic acids is 1. The SMILES string of the molecule is CCOC(=O)CNCC(C)(C)O. The van der Waals surface area contributed by atoms with Crippen LogP contribution in [0.1, 0.15) is 20.8 Å². The lowest BCUT2D eigenvalue weighted by molar-refractivity contribution is -0.142. The van der Waals surface area contributed by atoms with Crippen LogP contribution in [0.5, 0.6) is 0 Å². The Bertz CT molecular complexity index is 140. The quantitative estimate of drug-likeness (QED) is 0.573. The molecule has 0 aromatic rings. The molecule has 0 aromatic heterocycles. The largest absolute Gasteiger partial charge is 0.465 e. The zero-order valence-electron chi connectivity index (χ0n) is 7.89. The van der Waals surface area contributed by atoms with Crippen LogP contribution in [-0.2, 0) is 9.53 Å². The Morgan fingerprint density at radius 3 is 2.58 bits per heavy atom. The molecule has 0 rings (SSSR count). The van der Waals surface area contributed by atoms with Gasteiger partial charge in [0.05, 0.1) is 18.8 Å². The van der Waals surface area contributed by atoms with E-state index in [2.05, 4.69) is 10.1 Å². The molecule has 0 saturated heterocycles. The number of rotatable bonds is 5. The van der Waals surface area contributed by atoms with Crippen molar-refractivity contribution in [3.05, 3.63) is 0 Å². The first kappa shape index (κ1) is 11.4. The van der Waals surface area contributed by atoms with Crippen molar-refractivity contribution in [2.75, 3.05) is 19.7 Å². The van der Waals surface area contributed by atoms with Gasteiger partial charge in [-0.25, -0.2) is 0 Å². The van der Waals surface area contributed by atoms with Gasteiger partial charge in [-0.3, -0.25) is 4.79 Å². The standard InChI is InChI=1S/C8H17NO3/c1-4-12-7(10)5-9-6-8(2,3)11/h9,11H,4-6H2,1-3H3. The van der Waals surface area contributed by atoms with E-state index in [1.54, 1.807) is 20.8 Å². The Kier molecular flexibility index (Phi) is 4.85. The Labute approximate surface area is 72.9 Å². The number of carbonyl (C=O) groups is 1. The minimum Gasteiger partial charge on any atom is -0.465 e. The Hall–Kier alpha value is -0.610. The van der Waals surface area contributed by atoms with Gasteiger partial charge in [0.25, 0.3) is 0 Å². The zero-order valence-corrected chi connectivity index (χ0v) is 7.89. The Morgan fingerprint density at radius 2 is 2.17 bits per heavy atom. The van der Waals surface area contributed by atoms with Crippen molar-refractivity contribution in [1.29, 1.82) is 0 Å². The van der Waals surface area contributed by atoms with Crippen LogP contribution in [0, 0.1) is 0 Å². The molecule has 0 fully saturated rings. The second-order valence-electron chi connectivity index (χ2n) is 3.22. The summed E-state index contributed by atoms with van der Waals surface area (Å²) in [6, 6.07) is 0. The lowest BCUT2D eigenvalue weighted by Crippen LogP contribution is -2.37. The van der Waals surface area contributed by atoms with Crippen LogP contribution >= 0.6 is 0 Å². The van der Waals surface area contributed by atoms with Gasteiger partial charge in [0.2, 0.25) is 0 Å². The molecule has 4 nitrogen and oxygen atoms in total. The average molecular weight is 175 g/mol. The summed E-state index contributed by atoms with van der Waals surface area (Å²) in [6.45, 7) is 6.02. The maximum atomic E-state index is 10.8. The molecule has 0 amide bonds. The van der Waals surface area contributed by atoms with Crippen LogP contribution in [0.3, 0.4) is 0 Å². The molecule has 4 heteroatoms. The van der Waals surface area contributed by atoms with E-state index in [1.165, 1.54) is 0 Å². The van der Waals surface area contributed by atoms with Crippen molar-refractivity contribution in [1.82, 2.24) is 5.32 Å². The van der Waals surface area contributed by atoms with Crippen LogP contribution in [0.25, 0.3) is 0 Å². The Balaban J connectivity index is 3.37. The van der Waals surface area contributed by atoms with Gasteiger partial charge < -0.3 is 15.2 Å². The average Bonchev–Trinajstić information content (AvgIpc) is 1.84. The van der Waals surface area contributed by atoms with Crippen LogP contribution < -0.4 is 5.32 Å². The minimum absolute atomic E-state index is 0.151. The highest BCUT2D eigenvalue weighted by Gasteiger charge is 2.12. The third-order valence-electron chi connectivity index (χ3n) is 1.13. The highest BCUT2D eigenvalue weighted by atomic mass is 16.5. The van der Waals surface area contributed by atoms with E-state index < -0.39 is 5.60 Å². The first-order valence-corrected chi connectivity index (χ1v) is 4.04. The van der Waals surface area contributed by atoms with Crippen molar-refractivity contribution >= 4 is 5.97 Å². The van der Waals surface area contributed by atoms with Crippen molar-refractivity contribution in [2.45, 2.75) is 26.4 Å². The molecule has 2 N–H and O–H groups in total. The molecule has 0 saturated carbocycles. The van der Waals surface area contributed by atoms with Gasteiger partial charge in [-0.05, 0) is 20.8 Å². The highest BCUT2D eigenvalue weighted by Crippen LogP contribution is 1.96. The summed E-state index contributed by atoms with van der Waals surface area (Å²) >= 11 is 0.